The van der Waals surface area contributed by atoms with E-state index >= 15 is 0 Å². The van der Waals surface area contributed by atoms with Crippen LogP contribution in [0.15, 0.2) is 96.8 Å². The molecule has 59 heavy (non-hydrogen) atoms. The number of aliphatic hydroxyl groups is 2. The van der Waals surface area contributed by atoms with Gasteiger partial charge >= 0.3 is 0 Å². The number of aryl methyl sites for hydroxylation is 1. The summed E-state index contributed by atoms with van der Waals surface area (Å²) in [6.07, 6.45) is 1.57. The zero-order chi connectivity index (χ0) is 42.0. The van der Waals surface area contributed by atoms with Crippen LogP contribution in [-0.2, 0) is 16.1 Å². The number of amides is 2. The first-order chi connectivity index (χ1) is 28.2. The van der Waals surface area contributed by atoms with Crippen molar-refractivity contribution < 1.29 is 24.9 Å². The number of phenols is 1. The van der Waals surface area contributed by atoms with Crippen molar-refractivity contribution in [3.63, 3.8) is 0 Å². The van der Waals surface area contributed by atoms with Crippen LogP contribution in [0.3, 0.4) is 0 Å². The number of carbonyl (C=O) groups excluding carboxylic acids is 2. The molecule has 7 N–H and O–H groups in total. The first-order valence-corrected chi connectivity index (χ1v) is 20.3. The molecule has 5 atom stereocenters. The van der Waals surface area contributed by atoms with E-state index < -0.39 is 29.8 Å². The Morgan fingerprint density at radius 3 is 2.34 bits per heavy atom. The monoisotopic (exact) mass is 815 g/mol. The van der Waals surface area contributed by atoms with Gasteiger partial charge in [-0.2, -0.15) is 5.10 Å². The number of rotatable bonds is 12. The highest BCUT2D eigenvalue weighted by atomic mass is 32.1. The lowest BCUT2D eigenvalue weighted by atomic mass is 9.85. The third-order valence-corrected chi connectivity index (χ3v) is 11.6. The molecule has 1 saturated heterocycles. The molecule has 0 bridgehead atoms. The third-order valence-electron chi connectivity index (χ3n) is 10.6. The number of hydrogen-bond acceptors (Lipinski definition) is 12. The molecule has 4 heterocycles. The summed E-state index contributed by atoms with van der Waals surface area (Å²) >= 11 is 1.58. The van der Waals surface area contributed by atoms with Crippen molar-refractivity contribution in [2.24, 2.45) is 5.41 Å². The van der Waals surface area contributed by atoms with Crippen molar-refractivity contribution in [2.45, 2.75) is 78.0 Å². The maximum absolute atomic E-state index is 14.2. The summed E-state index contributed by atoms with van der Waals surface area (Å²) in [5.74, 6) is -0.386. The third kappa shape index (κ3) is 9.18. The Morgan fingerprint density at radius 1 is 0.966 bits per heavy atom. The number of benzene rings is 3. The van der Waals surface area contributed by atoms with Gasteiger partial charge in [-0.1, -0.05) is 81.4 Å². The second-order valence-electron chi connectivity index (χ2n) is 16.1. The van der Waals surface area contributed by atoms with Crippen LogP contribution in [0, 0.1) is 12.3 Å². The van der Waals surface area contributed by atoms with Gasteiger partial charge in [-0.25, -0.2) is 4.98 Å². The van der Waals surface area contributed by atoms with E-state index in [1.54, 1.807) is 52.7 Å². The number of aromatic hydroxyl groups is 1. The van der Waals surface area contributed by atoms with Crippen LogP contribution in [0.4, 0.5) is 5.82 Å². The van der Waals surface area contributed by atoms with Crippen molar-refractivity contribution in [3.8, 4) is 49.7 Å². The fraction of sp³-hybridized carbons (Fsp3) is 0.318. The predicted octanol–water partition coefficient (Wildman–Crippen LogP) is 5.56. The Bertz CT molecular complexity index is 2430. The summed E-state index contributed by atoms with van der Waals surface area (Å²) in [7, 11) is 0. The molecule has 1 unspecified atom stereocenters. The number of aliphatic hydroxyl groups excluding tert-OH is 2. The van der Waals surface area contributed by atoms with Gasteiger partial charge in [0.25, 0.3) is 0 Å². The number of aromatic nitrogens is 5. The van der Waals surface area contributed by atoms with Crippen molar-refractivity contribution in [1.82, 2.24) is 40.5 Å². The number of nitrogens with two attached hydrogens (primary N) is 1. The van der Waals surface area contributed by atoms with Crippen molar-refractivity contribution >= 4 is 29.0 Å². The van der Waals surface area contributed by atoms with Gasteiger partial charge in [0.1, 0.15) is 18.0 Å². The molecule has 306 valence electrons. The normalized spacial score (nSPS) is 17.1. The summed E-state index contributed by atoms with van der Waals surface area (Å²) in [4.78, 5) is 34.8. The van der Waals surface area contributed by atoms with Gasteiger partial charge in [0.05, 0.1) is 52.7 Å². The molecule has 0 saturated carbocycles. The fourth-order valence-corrected chi connectivity index (χ4v) is 8.20. The average Bonchev–Trinajstić information content (AvgIpc) is 3.97. The molecule has 1 fully saturated rings. The van der Waals surface area contributed by atoms with Crippen LogP contribution in [-0.4, -0.2) is 88.0 Å². The Balaban J connectivity index is 0.989. The van der Waals surface area contributed by atoms with Gasteiger partial charge in [0, 0.05) is 35.9 Å². The minimum atomic E-state index is -1.17. The van der Waals surface area contributed by atoms with E-state index in [2.05, 4.69) is 30.9 Å². The second-order valence-corrected chi connectivity index (χ2v) is 16.9. The van der Waals surface area contributed by atoms with Crippen LogP contribution in [0.2, 0.25) is 0 Å². The van der Waals surface area contributed by atoms with Crippen LogP contribution in [0.25, 0.3) is 44.0 Å². The maximum atomic E-state index is 14.2. The lowest BCUT2D eigenvalue weighted by molar-refractivity contribution is -0.143. The van der Waals surface area contributed by atoms with Crippen LogP contribution < -0.4 is 16.4 Å². The number of nitrogens with zero attached hydrogens (tertiary/aromatic N) is 6. The van der Waals surface area contributed by atoms with Gasteiger partial charge < -0.3 is 31.3 Å². The molecule has 15 heteroatoms. The largest absolute Gasteiger partial charge is 0.507 e. The van der Waals surface area contributed by atoms with Crippen LogP contribution >= 0.6 is 11.3 Å². The highest BCUT2D eigenvalue weighted by molar-refractivity contribution is 7.13. The number of nitrogen functional groups attached to an aromatic ring is 1. The number of hydrogen-bond donors (Lipinski definition) is 6. The predicted molar refractivity (Wildman–Crippen MR) is 228 cm³/mol. The topological polar surface area (TPSA) is 205 Å². The summed E-state index contributed by atoms with van der Waals surface area (Å²) in [5.41, 5.74) is 14.5. The molecule has 3 aromatic carbocycles. The molecule has 6 aromatic rings. The average molecular weight is 816 g/mol. The number of phenolic OH excluding ortho intramolecular Hbond substituents is 1. The number of anilines is 1. The molecule has 2 amide bonds. The summed E-state index contributed by atoms with van der Waals surface area (Å²) in [5, 5.41) is 51.2. The van der Waals surface area contributed by atoms with Crippen molar-refractivity contribution in [2.75, 3.05) is 12.3 Å². The highest BCUT2D eigenvalue weighted by Crippen LogP contribution is 2.34. The fourth-order valence-electron chi connectivity index (χ4n) is 7.39. The molecular formula is C44H49N9O5S. The van der Waals surface area contributed by atoms with Gasteiger partial charge in [0.2, 0.25) is 11.8 Å². The van der Waals surface area contributed by atoms with E-state index in [-0.39, 0.29) is 48.9 Å². The zero-order valence-electron chi connectivity index (χ0n) is 33.6. The van der Waals surface area contributed by atoms with Gasteiger partial charge in [-0.15, -0.1) is 21.5 Å². The zero-order valence-corrected chi connectivity index (χ0v) is 34.4. The van der Waals surface area contributed by atoms with E-state index in [0.29, 0.717) is 16.8 Å². The van der Waals surface area contributed by atoms with Crippen molar-refractivity contribution in [1.29, 1.82) is 0 Å². The molecule has 3 aromatic heterocycles. The molecular weight excluding hydrogens is 767 g/mol. The number of para-hydroxylation sites is 1. The van der Waals surface area contributed by atoms with Gasteiger partial charge in [-0.3, -0.25) is 19.6 Å². The number of nitrogens with one attached hydrogen (secondary N) is 2. The number of β-amino-alcohol motifs (C(OH)–C–C–N with tert-alkyl or cyclic N) is 1. The number of likely N-dealkylation sites (tertiary alicyclic amines) is 1. The lowest BCUT2D eigenvalue weighted by Crippen LogP contribution is -2.59. The van der Waals surface area contributed by atoms with E-state index in [0.717, 1.165) is 38.4 Å². The van der Waals surface area contributed by atoms with Gasteiger partial charge in [-0.05, 0) is 59.7 Å². The van der Waals surface area contributed by atoms with Crippen LogP contribution in [0.1, 0.15) is 51.4 Å². The summed E-state index contributed by atoms with van der Waals surface area (Å²) < 4.78 is 1.59. The maximum Gasteiger partial charge on any atom is 0.243 e. The Labute approximate surface area is 346 Å². The van der Waals surface area contributed by atoms with Crippen LogP contribution in [0.5, 0.6) is 5.75 Å². The standard InChI is InChI=1S/C44H49N9O5S/c1-25(27-10-16-30(17-11-27)39-26(2)46-24-59-39)48-42(57)36-18-32(54)22-53(36)43(58)40(44(3,4)5)49-38(56)23-52-21-31(20-47-52)28-12-14-29(15-13-28)34-19-35(50-51-41(34)45)33-8-6-7-9-37(33)55/h6-17,19-21,24-25,32,36,38,40,49,54-56H,18,22-23H2,1-5H3,(H2,45,51)(H,48,57)/t25-,32+,36-,38?,40+/m0/s1. The molecule has 7 rings (SSSR count). The smallest absolute Gasteiger partial charge is 0.243 e. The number of carbonyl (C=O) groups is 2. The molecule has 1 aliphatic rings. The minimum absolute atomic E-state index is 0.00189. The Kier molecular flexibility index (Phi) is 11.9. The van der Waals surface area contributed by atoms with Crippen molar-refractivity contribution in [3.05, 3.63) is 108 Å². The first-order valence-electron chi connectivity index (χ1n) is 19.4. The first kappa shape index (κ1) is 41.2. The Hall–Kier alpha value is -6.00. The van der Waals surface area contributed by atoms with Gasteiger partial charge in [0.15, 0.2) is 5.82 Å². The molecule has 0 spiro atoms. The summed E-state index contributed by atoms with van der Waals surface area (Å²) in [6, 6.07) is 22.2. The quantitative estimate of drug-likeness (QED) is 0.0845. The van der Waals surface area contributed by atoms with E-state index in [9.17, 15) is 24.9 Å². The SMILES string of the molecule is Cc1ncsc1-c1ccc([C@H](C)NC(=O)[C@@H]2C[C@@H](O)CN2C(=O)[C@@H](NC(O)Cn2cc(-c3ccc(-c4cc(-c5ccccc5O)nnc4N)cc3)cn2)C(C)(C)C)cc1. The molecule has 0 aliphatic carbocycles. The summed E-state index contributed by atoms with van der Waals surface area (Å²) in [6.45, 7) is 9.55. The molecule has 14 nitrogen and oxygen atoms in total. The van der Waals surface area contributed by atoms with E-state index in [1.807, 2.05) is 94.7 Å². The highest BCUT2D eigenvalue weighted by Gasteiger charge is 2.44. The van der Waals surface area contributed by atoms with E-state index in [1.165, 1.54) is 4.90 Å². The molecule has 1 aliphatic heterocycles. The minimum Gasteiger partial charge on any atom is -0.507 e. The number of thiazole rings is 1. The molecule has 0 radical (unpaired) electrons. The van der Waals surface area contributed by atoms with E-state index in [4.69, 9.17) is 5.73 Å². The second kappa shape index (κ2) is 17.1. The Morgan fingerprint density at radius 2 is 1.66 bits per heavy atom. The lowest BCUT2D eigenvalue weighted by Gasteiger charge is -2.36.